The van der Waals surface area contributed by atoms with Crippen LogP contribution in [0, 0.1) is 0 Å². The molecule has 26 heavy (non-hydrogen) atoms. The molecule has 1 amide bonds. The van der Waals surface area contributed by atoms with E-state index in [1.54, 1.807) is 6.20 Å². The fourth-order valence-electron chi connectivity index (χ4n) is 3.70. The number of carbonyl (C=O) groups excluding carboxylic acids is 1. The van der Waals surface area contributed by atoms with E-state index in [1.165, 1.54) is 0 Å². The van der Waals surface area contributed by atoms with Crippen LogP contribution in [0.15, 0.2) is 42.7 Å². The number of aromatic amines is 1. The van der Waals surface area contributed by atoms with Crippen molar-refractivity contribution in [2.45, 2.75) is 25.3 Å². The largest absolute Gasteiger partial charge is 0.377 e. The molecule has 1 unspecified atom stereocenters. The molecule has 0 radical (unpaired) electrons. The van der Waals surface area contributed by atoms with E-state index in [2.05, 4.69) is 15.0 Å². The van der Waals surface area contributed by atoms with Crippen molar-refractivity contribution >= 4 is 22.5 Å². The van der Waals surface area contributed by atoms with E-state index in [-0.39, 0.29) is 11.9 Å². The average Bonchev–Trinajstić information content (AvgIpc) is 3.21. The zero-order valence-corrected chi connectivity index (χ0v) is 15.1. The number of nitrogens with one attached hydrogen (secondary N) is 1. The summed E-state index contributed by atoms with van der Waals surface area (Å²) >= 11 is 0. The molecule has 1 saturated heterocycles. The third-order valence-electron chi connectivity index (χ3n) is 4.99. The molecule has 1 atom stereocenters. The lowest BCUT2D eigenvalue weighted by atomic mass is 10.0. The number of benzene rings is 1. The highest BCUT2D eigenvalue weighted by atomic mass is 16.2. The maximum atomic E-state index is 13.3. The SMILES string of the molecule is CN(C)c1cc(C(=O)N2CCCCC2c2ncc[nH]2)nc2ccccc12. The lowest BCUT2D eigenvalue weighted by Gasteiger charge is -2.34. The standard InChI is InChI=1S/C20H23N5O/c1-24(2)18-13-16(23-15-8-4-3-7-14(15)18)20(26)25-12-6-5-9-17(25)19-21-10-11-22-19/h3-4,7-8,10-11,13,17H,5-6,9,12H2,1-2H3,(H,21,22). The molecule has 1 aliphatic heterocycles. The molecule has 6 heteroatoms. The molecule has 1 N–H and O–H groups in total. The van der Waals surface area contributed by atoms with Crippen molar-refractivity contribution in [2.24, 2.45) is 0 Å². The molecule has 1 fully saturated rings. The van der Waals surface area contributed by atoms with Crippen molar-refractivity contribution in [3.05, 3.63) is 54.2 Å². The molecule has 3 aromatic rings. The minimum atomic E-state index is -0.0278. The number of anilines is 1. The Hall–Kier alpha value is -2.89. The second-order valence-corrected chi connectivity index (χ2v) is 6.92. The second kappa shape index (κ2) is 6.78. The summed E-state index contributed by atoms with van der Waals surface area (Å²) in [5.74, 6) is 0.826. The Bertz CT molecular complexity index is 919. The Morgan fingerprint density at radius 2 is 2.12 bits per heavy atom. The minimum Gasteiger partial charge on any atom is -0.377 e. The van der Waals surface area contributed by atoms with E-state index in [9.17, 15) is 4.79 Å². The Balaban J connectivity index is 1.75. The summed E-state index contributed by atoms with van der Waals surface area (Å²) in [7, 11) is 3.98. The number of nitrogens with zero attached hydrogens (tertiary/aromatic N) is 4. The molecule has 4 rings (SSSR count). The van der Waals surface area contributed by atoms with Gasteiger partial charge < -0.3 is 14.8 Å². The molecular weight excluding hydrogens is 326 g/mol. The first-order valence-corrected chi connectivity index (χ1v) is 9.02. The Morgan fingerprint density at radius 3 is 2.88 bits per heavy atom. The van der Waals surface area contributed by atoms with Gasteiger partial charge in [-0.3, -0.25) is 4.79 Å². The van der Waals surface area contributed by atoms with Gasteiger partial charge in [-0.1, -0.05) is 18.2 Å². The van der Waals surface area contributed by atoms with Gasteiger partial charge in [-0.2, -0.15) is 0 Å². The minimum absolute atomic E-state index is 0.0117. The number of hydrogen-bond acceptors (Lipinski definition) is 4. The number of rotatable bonds is 3. The monoisotopic (exact) mass is 349 g/mol. The van der Waals surface area contributed by atoms with Crippen molar-refractivity contribution in [3.8, 4) is 0 Å². The van der Waals surface area contributed by atoms with Crippen LogP contribution in [0.4, 0.5) is 5.69 Å². The predicted molar refractivity (Wildman–Crippen MR) is 102 cm³/mol. The van der Waals surface area contributed by atoms with Gasteiger partial charge in [0.05, 0.1) is 11.6 Å². The summed E-state index contributed by atoms with van der Waals surface area (Å²) in [6.45, 7) is 0.732. The van der Waals surface area contributed by atoms with Crippen LogP contribution < -0.4 is 4.90 Å². The number of amides is 1. The zero-order chi connectivity index (χ0) is 18.1. The van der Waals surface area contributed by atoms with E-state index >= 15 is 0 Å². The van der Waals surface area contributed by atoms with Crippen LogP contribution in [0.3, 0.4) is 0 Å². The lowest BCUT2D eigenvalue weighted by Crippen LogP contribution is -2.39. The van der Waals surface area contributed by atoms with Crippen molar-refractivity contribution in [2.75, 3.05) is 25.5 Å². The fourth-order valence-corrected chi connectivity index (χ4v) is 3.70. The molecule has 0 bridgehead atoms. The summed E-state index contributed by atoms with van der Waals surface area (Å²) < 4.78 is 0. The van der Waals surface area contributed by atoms with Gasteiger partial charge in [-0.05, 0) is 31.4 Å². The molecule has 134 valence electrons. The van der Waals surface area contributed by atoms with Crippen LogP contribution in [0.1, 0.15) is 41.6 Å². The average molecular weight is 349 g/mol. The number of H-pyrrole nitrogens is 1. The molecular formula is C20H23N5O. The number of imidazole rings is 1. The van der Waals surface area contributed by atoms with Gasteiger partial charge in [0.25, 0.3) is 5.91 Å². The molecule has 1 aromatic carbocycles. The van der Waals surface area contributed by atoms with Crippen molar-refractivity contribution in [1.82, 2.24) is 19.9 Å². The topological polar surface area (TPSA) is 65.1 Å². The normalized spacial score (nSPS) is 17.5. The summed E-state index contributed by atoms with van der Waals surface area (Å²) in [5.41, 5.74) is 2.34. The third-order valence-corrected chi connectivity index (χ3v) is 4.99. The van der Waals surface area contributed by atoms with E-state index in [0.29, 0.717) is 5.69 Å². The van der Waals surface area contributed by atoms with Crippen LogP contribution in [0.5, 0.6) is 0 Å². The van der Waals surface area contributed by atoms with Gasteiger partial charge in [0.1, 0.15) is 11.5 Å². The van der Waals surface area contributed by atoms with E-state index in [1.807, 2.05) is 60.4 Å². The molecule has 6 nitrogen and oxygen atoms in total. The molecule has 0 aliphatic carbocycles. The quantitative estimate of drug-likeness (QED) is 0.787. The summed E-state index contributed by atoms with van der Waals surface area (Å²) in [6, 6.07) is 9.84. The molecule has 0 spiro atoms. The Kier molecular flexibility index (Phi) is 4.32. The van der Waals surface area contributed by atoms with E-state index in [4.69, 9.17) is 0 Å². The van der Waals surface area contributed by atoms with Crippen molar-refractivity contribution < 1.29 is 4.79 Å². The lowest BCUT2D eigenvalue weighted by molar-refractivity contribution is 0.0595. The van der Waals surface area contributed by atoms with Crippen LogP contribution in [-0.4, -0.2) is 46.4 Å². The van der Waals surface area contributed by atoms with Crippen molar-refractivity contribution in [3.63, 3.8) is 0 Å². The van der Waals surface area contributed by atoms with Crippen LogP contribution in [0.2, 0.25) is 0 Å². The highest BCUT2D eigenvalue weighted by molar-refractivity contribution is 6.00. The van der Waals surface area contributed by atoms with Crippen LogP contribution >= 0.6 is 0 Å². The second-order valence-electron chi connectivity index (χ2n) is 6.92. The molecule has 2 aromatic heterocycles. The summed E-state index contributed by atoms with van der Waals surface area (Å²) in [4.78, 5) is 29.5. The van der Waals surface area contributed by atoms with Gasteiger partial charge in [0.2, 0.25) is 0 Å². The zero-order valence-electron chi connectivity index (χ0n) is 15.1. The third kappa shape index (κ3) is 2.92. The van der Waals surface area contributed by atoms with Gasteiger partial charge in [0, 0.05) is 44.1 Å². The van der Waals surface area contributed by atoms with E-state index in [0.717, 1.165) is 48.2 Å². The van der Waals surface area contributed by atoms with E-state index < -0.39 is 0 Å². The summed E-state index contributed by atoms with van der Waals surface area (Å²) in [5, 5.41) is 1.05. The Labute approximate surface area is 152 Å². The van der Waals surface area contributed by atoms with Gasteiger partial charge in [0.15, 0.2) is 0 Å². The maximum Gasteiger partial charge on any atom is 0.273 e. The number of hydrogen-bond donors (Lipinski definition) is 1. The summed E-state index contributed by atoms with van der Waals surface area (Å²) in [6.07, 6.45) is 6.59. The first kappa shape index (κ1) is 16.6. The highest BCUT2D eigenvalue weighted by Crippen LogP contribution is 2.31. The number of piperidine rings is 1. The molecule has 1 aliphatic rings. The number of likely N-dealkylation sites (tertiary alicyclic amines) is 1. The smallest absolute Gasteiger partial charge is 0.273 e. The molecule has 3 heterocycles. The number of para-hydroxylation sites is 1. The predicted octanol–water partition coefficient (Wildman–Crippen LogP) is 3.39. The van der Waals surface area contributed by atoms with Crippen molar-refractivity contribution in [1.29, 1.82) is 0 Å². The number of fused-ring (bicyclic) bond motifs is 1. The number of aromatic nitrogens is 3. The first-order chi connectivity index (χ1) is 12.6. The van der Waals surface area contributed by atoms with Gasteiger partial charge in [-0.15, -0.1) is 0 Å². The number of carbonyl (C=O) groups is 1. The first-order valence-electron chi connectivity index (χ1n) is 9.02. The van der Waals surface area contributed by atoms with Crippen LogP contribution in [-0.2, 0) is 0 Å². The fraction of sp³-hybridized carbons (Fsp3) is 0.350. The Morgan fingerprint density at radius 1 is 1.27 bits per heavy atom. The number of pyridine rings is 1. The highest BCUT2D eigenvalue weighted by Gasteiger charge is 2.31. The van der Waals surface area contributed by atoms with Gasteiger partial charge >= 0.3 is 0 Å². The van der Waals surface area contributed by atoms with Crippen LogP contribution in [0.25, 0.3) is 10.9 Å². The maximum absolute atomic E-state index is 13.3. The molecule has 0 saturated carbocycles. The van der Waals surface area contributed by atoms with Gasteiger partial charge in [-0.25, -0.2) is 9.97 Å².